The van der Waals surface area contributed by atoms with E-state index in [1.54, 1.807) is 0 Å². The maximum Gasteiger partial charge on any atom is 0.0238 e. The standard InChI is InChI=1S/C16H32N2/c1-15(2,3)13-7-6-9-18(10-8-13)14-11-16(4,5)17-12-14/h13-14,17H,6-12H2,1-5H3. The van der Waals surface area contributed by atoms with E-state index in [2.05, 4.69) is 44.8 Å². The Morgan fingerprint density at radius 1 is 1.11 bits per heavy atom. The third-order valence-corrected chi connectivity index (χ3v) is 5.07. The van der Waals surface area contributed by atoms with Gasteiger partial charge in [-0.2, -0.15) is 0 Å². The van der Waals surface area contributed by atoms with E-state index in [0.29, 0.717) is 11.0 Å². The Morgan fingerprint density at radius 3 is 2.39 bits per heavy atom. The Morgan fingerprint density at radius 2 is 1.83 bits per heavy atom. The van der Waals surface area contributed by atoms with Crippen LogP contribution in [0.1, 0.15) is 60.3 Å². The van der Waals surface area contributed by atoms with Crippen LogP contribution in [0.4, 0.5) is 0 Å². The zero-order valence-corrected chi connectivity index (χ0v) is 13.1. The zero-order chi connectivity index (χ0) is 13.4. The first-order valence-corrected chi connectivity index (χ1v) is 7.77. The van der Waals surface area contributed by atoms with Gasteiger partial charge in [-0.1, -0.05) is 20.8 Å². The second-order valence-corrected chi connectivity index (χ2v) is 8.15. The fraction of sp³-hybridized carbons (Fsp3) is 1.00. The first-order valence-electron chi connectivity index (χ1n) is 7.77. The highest BCUT2D eigenvalue weighted by atomic mass is 15.2. The average molecular weight is 252 g/mol. The highest BCUT2D eigenvalue weighted by Gasteiger charge is 2.35. The molecule has 0 spiro atoms. The summed E-state index contributed by atoms with van der Waals surface area (Å²) in [5, 5.41) is 3.66. The average Bonchev–Trinajstić information content (AvgIpc) is 2.50. The van der Waals surface area contributed by atoms with Gasteiger partial charge in [-0.3, -0.25) is 4.90 Å². The second kappa shape index (κ2) is 5.13. The minimum Gasteiger partial charge on any atom is -0.310 e. The van der Waals surface area contributed by atoms with Crippen LogP contribution in [-0.4, -0.2) is 36.1 Å². The van der Waals surface area contributed by atoms with Gasteiger partial charge in [0.15, 0.2) is 0 Å². The van der Waals surface area contributed by atoms with Crippen LogP contribution < -0.4 is 5.32 Å². The zero-order valence-electron chi connectivity index (χ0n) is 13.1. The molecule has 2 aliphatic heterocycles. The van der Waals surface area contributed by atoms with Gasteiger partial charge in [0.25, 0.3) is 0 Å². The van der Waals surface area contributed by atoms with E-state index in [1.807, 2.05) is 0 Å². The largest absolute Gasteiger partial charge is 0.310 e. The molecule has 0 radical (unpaired) electrons. The first kappa shape index (κ1) is 14.3. The fourth-order valence-electron chi connectivity index (χ4n) is 3.74. The van der Waals surface area contributed by atoms with Gasteiger partial charge < -0.3 is 5.32 Å². The van der Waals surface area contributed by atoms with Crippen LogP contribution in [0.3, 0.4) is 0 Å². The third-order valence-electron chi connectivity index (χ3n) is 5.07. The predicted octanol–water partition coefficient (Wildman–Crippen LogP) is 3.28. The molecule has 0 aromatic carbocycles. The molecule has 2 nitrogen and oxygen atoms in total. The summed E-state index contributed by atoms with van der Waals surface area (Å²) in [4.78, 5) is 2.76. The third kappa shape index (κ3) is 3.48. The molecular formula is C16H32N2. The SMILES string of the molecule is CC1(C)CC(N2CCCC(C(C)(C)C)CC2)CN1. The Bertz CT molecular complexity index is 277. The molecule has 18 heavy (non-hydrogen) atoms. The molecule has 2 unspecified atom stereocenters. The highest BCUT2D eigenvalue weighted by molar-refractivity contribution is 4.95. The first-order chi connectivity index (χ1) is 8.28. The molecule has 2 heteroatoms. The van der Waals surface area contributed by atoms with E-state index >= 15 is 0 Å². The van der Waals surface area contributed by atoms with E-state index in [4.69, 9.17) is 0 Å². The Labute approximate surface area is 114 Å². The summed E-state index contributed by atoms with van der Waals surface area (Å²) >= 11 is 0. The Kier molecular flexibility index (Phi) is 4.08. The Hall–Kier alpha value is -0.0800. The van der Waals surface area contributed by atoms with Gasteiger partial charge >= 0.3 is 0 Å². The van der Waals surface area contributed by atoms with Gasteiger partial charge in [-0.25, -0.2) is 0 Å². The number of hydrogen-bond donors (Lipinski definition) is 1. The van der Waals surface area contributed by atoms with E-state index in [1.165, 1.54) is 45.3 Å². The van der Waals surface area contributed by atoms with E-state index in [0.717, 1.165) is 12.0 Å². The van der Waals surface area contributed by atoms with Gasteiger partial charge in [0, 0.05) is 18.1 Å². The summed E-state index contributed by atoms with van der Waals surface area (Å²) in [5.74, 6) is 0.907. The summed E-state index contributed by atoms with van der Waals surface area (Å²) in [7, 11) is 0. The van der Waals surface area contributed by atoms with Crippen LogP contribution in [0.25, 0.3) is 0 Å². The lowest BCUT2D eigenvalue weighted by atomic mass is 9.77. The number of nitrogens with zero attached hydrogens (tertiary/aromatic N) is 1. The molecule has 106 valence electrons. The van der Waals surface area contributed by atoms with Crippen molar-refractivity contribution in [1.29, 1.82) is 0 Å². The Balaban J connectivity index is 1.90. The van der Waals surface area contributed by atoms with Crippen molar-refractivity contribution >= 4 is 0 Å². The maximum atomic E-state index is 3.66. The van der Waals surface area contributed by atoms with E-state index < -0.39 is 0 Å². The smallest absolute Gasteiger partial charge is 0.0238 e. The molecule has 0 aromatic rings. The fourth-order valence-corrected chi connectivity index (χ4v) is 3.74. The van der Waals surface area contributed by atoms with Gasteiger partial charge in [0.05, 0.1) is 0 Å². The van der Waals surface area contributed by atoms with Gasteiger partial charge in [0.1, 0.15) is 0 Å². The van der Waals surface area contributed by atoms with Gasteiger partial charge in [0.2, 0.25) is 0 Å². The topological polar surface area (TPSA) is 15.3 Å². The van der Waals surface area contributed by atoms with Crippen molar-refractivity contribution in [1.82, 2.24) is 10.2 Å². The molecule has 2 fully saturated rings. The summed E-state index contributed by atoms with van der Waals surface area (Å²) in [6.45, 7) is 15.7. The quantitative estimate of drug-likeness (QED) is 0.770. The lowest BCUT2D eigenvalue weighted by Crippen LogP contribution is -2.37. The minimum atomic E-state index is 0.348. The van der Waals surface area contributed by atoms with Crippen LogP contribution in [-0.2, 0) is 0 Å². The molecule has 2 heterocycles. The molecule has 1 N–H and O–H groups in total. The summed E-state index contributed by atoms with van der Waals surface area (Å²) < 4.78 is 0. The normalized spacial score (nSPS) is 34.5. The minimum absolute atomic E-state index is 0.348. The number of nitrogens with one attached hydrogen (secondary N) is 1. The van der Waals surface area contributed by atoms with Gasteiger partial charge in [-0.05, 0) is 64.0 Å². The predicted molar refractivity (Wildman–Crippen MR) is 78.9 cm³/mol. The van der Waals surface area contributed by atoms with Crippen LogP contribution in [0.15, 0.2) is 0 Å². The number of hydrogen-bond acceptors (Lipinski definition) is 2. The van der Waals surface area contributed by atoms with Crippen molar-refractivity contribution in [2.75, 3.05) is 19.6 Å². The molecule has 2 rings (SSSR count). The van der Waals surface area contributed by atoms with Crippen molar-refractivity contribution in [2.45, 2.75) is 71.9 Å². The second-order valence-electron chi connectivity index (χ2n) is 8.15. The molecule has 2 atom stereocenters. The maximum absolute atomic E-state index is 3.66. The van der Waals surface area contributed by atoms with Crippen molar-refractivity contribution < 1.29 is 0 Å². The lowest BCUT2D eigenvalue weighted by molar-refractivity contribution is 0.185. The van der Waals surface area contributed by atoms with Crippen LogP contribution >= 0.6 is 0 Å². The molecule has 0 saturated carbocycles. The van der Waals surface area contributed by atoms with Crippen LogP contribution in [0.5, 0.6) is 0 Å². The van der Waals surface area contributed by atoms with E-state index in [9.17, 15) is 0 Å². The van der Waals surface area contributed by atoms with Crippen molar-refractivity contribution in [2.24, 2.45) is 11.3 Å². The molecule has 2 aliphatic rings. The molecule has 0 aromatic heterocycles. The summed E-state index contributed by atoms with van der Waals surface area (Å²) in [6, 6.07) is 0.777. The molecular weight excluding hydrogens is 220 g/mol. The van der Waals surface area contributed by atoms with Crippen molar-refractivity contribution in [3.8, 4) is 0 Å². The molecule has 2 saturated heterocycles. The molecule has 0 amide bonds. The van der Waals surface area contributed by atoms with Crippen LogP contribution in [0.2, 0.25) is 0 Å². The van der Waals surface area contributed by atoms with Crippen molar-refractivity contribution in [3.63, 3.8) is 0 Å². The van der Waals surface area contributed by atoms with E-state index in [-0.39, 0.29) is 0 Å². The summed E-state index contributed by atoms with van der Waals surface area (Å²) in [6.07, 6.45) is 5.51. The monoisotopic (exact) mass is 252 g/mol. The highest BCUT2D eigenvalue weighted by Crippen LogP contribution is 2.35. The van der Waals surface area contributed by atoms with Gasteiger partial charge in [-0.15, -0.1) is 0 Å². The number of rotatable bonds is 1. The number of likely N-dealkylation sites (tertiary alicyclic amines) is 1. The molecule has 0 bridgehead atoms. The van der Waals surface area contributed by atoms with Crippen molar-refractivity contribution in [3.05, 3.63) is 0 Å². The molecule has 0 aliphatic carbocycles. The van der Waals surface area contributed by atoms with Crippen LogP contribution in [0, 0.1) is 11.3 Å². The lowest BCUT2D eigenvalue weighted by Gasteiger charge is -2.31. The summed E-state index contributed by atoms with van der Waals surface area (Å²) in [5.41, 5.74) is 0.837.